The number of nitrogens with zero attached hydrogens (tertiary/aromatic N) is 1. The molecule has 0 bridgehead atoms. The smallest absolute Gasteiger partial charge is 0.370 e. The molecule has 0 aliphatic rings. The summed E-state index contributed by atoms with van der Waals surface area (Å²) in [6, 6.07) is 0. The summed E-state index contributed by atoms with van der Waals surface area (Å²) in [5, 5.41) is 5.85. The summed E-state index contributed by atoms with van der Waals surface area (Å²) < 4.78 is 21.6. The molecule has 0 radical (unpaired) electrons. The zero-order valence-corrected chi connectivity index (χ0v) is 12.8. The van der Waals surface area contributed by atoms with E-state index in [-0.39, 0.29) is 29.6 Å². The van der Waals surface area contributed by atoms with E-state index < -0.39 is 39.2 Å². The van der Waals surface area contributed by atoms with Crippen molar-refractivity contribution in [2.75, 3.05) is 6.54 Å². The van der Waals surface area contributed by atoms with Crippen LogP contribution in [0.1, 0.15) is 6.42 Å². The number of aliphatic imine (C=N–C) groups is 1. The molecule has 17 heavy (non-hydrogen) atoms. The van der Waals surface area contributed by atoms with Crippen LogP contribution in [0.2, 0.25) is 0 Å². The Balaban J connectivity index is 0. The monoisotopic (exact) mass is 300 g/mol. The number of hydrogen-bond acceptors (Lipinski definition) is 4. The van der Waals surface area contributed by atoms with Gasteiger partial charge in [-0.05, 0) is 0 Å². The standard InChI is InChI=1S/C4H13N3O7P2.Na/c5-3(6)7-2-1-4(8,15(9,10)11)16(12,13)14;/h8H,1-2H2,(H4,5,6,7)(H2,9,10,11)(H2,12,13,14);/q;+1. The summed E-state index contributed by atoms with van der Waals surface area (Å²) in [5.41, 5.74) is 9.80. The molecule has 0 fully saturated rings. The predicted molar refractivity (Wildman–Crippen MR) is 54.3 cm³/mol. The largest absolute Gasteiger partial charge is 1.00 e. The van der Waals surface area contributed by atoms with Crippen LogP contribution in [0.15, 0.2) is 4.99 Å². The Kier molecular flexibility index (Phi) is 7.74. The quantitative estimate of drug-likeness (QED) is 0.112. The van der Waals surface area contributed by atoms with E-state index in [9.17, 15) is 14.2 Å². The first-order valence-corrected chi connectivity index (χ1v) is 7.03. The third kappa shape index (κ3) is 5.35. The van der Waals surface area contributed by atoms with Gasteiger partial charge in [0.25, 0.3) is 5.08 Å². The van der Waals surface area contributed by atoms with Crippen molar-refractivity contribution in [3.05, 3.63) is 0 Å². The van der Waals surface area contributed by atoms with Crippen LogP contribution < -0.4 is 41.0 Å². The maximum atomic E-state index is 10.8. The molecule has 0 aliphatic heterocycles. The van der Waals surface area contributed by atoms with E-state index in [1.165, 1.54) is 0 Å². The molecule has 13 heteroatoms. The Morgan fingerprint density at radius 3 is 1.71 bits per heavy atom. The van der Waals surface area contributed by atoms with Crippen LogP contribution in [0, 0.1) is 0 Å². The summed E-state index contributed by atoms with van der Waals surface area (Å²) in [4.78, 5) is 38.0. The van der Waals surface area contributed by atoms with Gasteiger partial charge >= 0.3 is 44.7 Å². The molecule has 0 aromatic rings. The zero-order chi connectivity index (χ0) is 13.2. The molecular weight excluding hydrogens is 287 g/mol. The van der Waals surface area contributed by atoms with Crippen molar-refractivity contribution < 1.29 is 63.4 Å². The van der Waals surface area contributed by atoms with Gasteiger partial charge in [-0.15, -0.1) is 0 Å². The Bertz CT molecular complexity index is 349. The number of guanidine groups is 1. The SMILES string of the molecule is NC(N)=NCCC(O)(P(=O)(O)O)P(=O)(O)O.[Na+]. The molecule has 0 saturated heterocycles. The Morgan fingerprint density at radius 2 is 1.47 bits per heavy atom. The molecule has 0 spiro atoms. The topological polar surface area (TPSA) is 200 Å². The van der Waals surface area contributed by atoms with Gasteiger partial charge in [-0.1, -0.05) is 0 Å². The van der Waals surface area contributed by atoms with Crippen molar-refractivity contribution in [1.82, 2.24) is 0 Å². The molecule has 0 amide bonds. The molecule has 96 valence electrons. The number of hydrogen-bond donors (Lipinski definition) is 7. The second-order valence-corrected chi connectivity index (χ2v) is 6.93. The predicted octanol–water partition coefficient (Wildman–Crippen LogP) is -5.34. The molecule has 0 aliphatic carbocycles. The van der Waals surface area contributed by atoms with Crippen molar-refractivity contribution in [3.63, 3.8) is 0 Å². The molecule has 0 aromatic heterocycles. The van der Waals surface area contributed by atoms with Crippen molar-refractivity contribution in [3.8, 4) is 0 Å². The summed E-state index contributed by atoms with van der Waals surface area (Å²) in [5.74, 6) is -0.432. The zero-order valence-electron chi connectivity index (χ0n) is 8.96. The maximum Gasteiger partial charge on any atom is 1.00 e. The molecule has 0 saturated carbocycles. The van der Waals surface area contributed by atoms with Gasteiger partial charge in [0.05, 0.1) is 0 Å². The summed E-state index contributed by atoms with van der Waals surface area (Å²) >= 11 is 0. The summed E-state index contributed by atoms with van der Waals surface area (Å²) in [6.07, 6.45) is -0.973. The van der Waals surface area contributed by atoms with E-state index in [1.807, 2.05) is 0 Å². The van der Waals surface area contributed by atoms with Crippen LogP contribution >= 0.6 is 15.2 Å². The third-order valence-electron chi connectivity index (χ3n) is 1.67. The fourth-order valence-corrected chi connectivity index (χ4v) is 2.94. The van der Waals surface area contributed by atoms with Crippen LogP contribution in [-0.2, 0) is 9.13 Å². The van der Waals surface area contributed by atoms with E-state index in [4.69, 9.17) is 31.0 Å². The average Bonchev–Trinajstić information content (AvgIpc) is 1.98. The minimum Gasteiger partial charge on any atom is -0.370 e. The van der Waals surface area contributed by atoms with Crippen LogP contribution in [-0.4, -0.2) is 42.3 Å². The van der Waals surface area contributed by atoms with Crippen LogP contribution in [0.5, 0.6) is 0 Å². The Labute approximate surface area is 119 Å². The van der Waals surface area contributed by atoms with E-state index in [2.05, 4.69) is 4.99 Å². The van der Waals surface area contributed by atoms with E-state index in [1.54, 1.807) is 0 Å². The Morgan fingerprint density at radius 1 is 1.12 bits per heavy atom. The second kappa shape index (κ2) is 6.63. The van der Waals surface area contributed by atoms with Gasteiger partial charge in [-0.3, -0.25) is 14.1 Å². The fourth-order valence-electron chi connectivity index (χ4n) is 0.796. The third-order valence-corrected chi connectivity index (χ3v) is 5.55. The maximum absolute atomic E-state index is 10.8. The number of nitrogens with two attached hydrogens (primary N) is 2. The molecule has 0 rings (SSSR count). The van der Waals surface area contributed by atoms with Crippen LogP contribution in [0.4, 0.5) is 0 Å². The minimum atomic E-state index is -5.43. The van der Waals surface area contributed by atoms with Crippen molar-refractivity contribution >= 4 is 21.2 Å². The van der Waals surface area contributed by atoms with Crippen molar-refractivity contribution in [1.29, 1.82) is 0 Å². The van der Waals surface area contributed by atoms with Crippen LogP contribution in [0.3, 0.4) is 0 Å². The molecule has 0 atom stereocenters. The van der Waals surface area contributed by atoms with Gasteiger partial charge in [-0.2, -0.15) is 0 Å². The van der Waals surface area contributed by atoms with Crippen molar-refractivity contribution in [2.45, 2.75) is 11.5 Å². The fraction of sp³-hybridized carbons (Fsp3) is 0.750. The first kappa shape index (κ1) is 19.9. The Hall–Kier alpha value is 0.530. The van der Waals surface area contributed by atoms with Gasteiger partial charge < -0.3 is 36.1 Å². The molecule has 0 aromatic carbocycles. The van der Waals surface area contributed by atoms with E-state index in [0.717, 1.165) is 0 Å². The minimum absolute atomic E-state index is 0. The number of aliphatic hydroxyl groups is 1. The van der Waals surface area contributed by atoms with Gasteiger partial charge in [0.2, 0.25) is 0 Å². The van der Waals surface area contributed by atoms with Gasteiger partial charge in [-0.25, -0.2) is 0 Å². The molecule has 9 N–H and O–H groups in total. The van der Waals surface area contributed by atoms with Crippen molar-refractivity contribution in [2.24, 2.45) is 16.5 Å². The van der Waals surface area contributed by atoms with E-state index in [0.29, 0.717) is 0 Å². The average molecular weight is 300 g/mol. The molecule has 10 nitrogen and oxygen atoms in total. The first-order valence-electron chi connectivity index (χ1n) is 3.81. The van der Waals surface area contributed by atoms with Gasteiger partial charge in [0.15, 0.2) is 5.96 Å². The van der Waals surface area contributed by atoms with Gasteiger partial charge in [0, 0.05) is 13.0 Å². The molecule has 0 heterocycles. The molecular formula is C4H13N3NaO7P2+. The summed E-state index contributed by atoms with van der Waals surface area (Å²) in [6.45, 7) is -0.533. The van der Waals surface area contributed by atoms with E-state index >= 15 is 0 Å². The normalized spacial score (nSPS) is 12.8. The first-order chi connectivity index (χ1) is 6.92. The van der Waals surface area contributed by atoms with Crippen LogP contribution in [0.25, 0.3) is 0 Å². The molecule has 0 unspecified atom stereocenters. The summed E-state index contributed by atoms with van der Waals surface area (Å²) in [7, 11) is -10.9. The number of rotatable bonds is 5. The second-order valence-electron chi connectivity index (χ2n) is 2.92. The van der Waals surface area contributed by atoms with Gasteiger partial charge in [0.1, 0.15) is 0 Å².